The molecule has 5 nitrogen and oxygen atoms in total. The maximum atomic E-state index is 13.8. The van der Waals surface area contributed by atoms with Gasteiger partial charge in [0.05, 0.1) is 11.6 Å². The summed E-state index contributed by atoms with van der Waals surface area (Å²) < 4.78 is 81.8. The number of carbonyl (C=O) groups excluding carboxylic acids is 2. The Hall–Kier alpha value is -3.08. The molecule has 11 heteroatoms. The van der Waals surface area contributed by atoms with Gasteiger partial charge in [-0.2, -0.15) is 26.3 Å². The first-order valence-corrected chi connectivity index (χ1v) is 8.49. The molecular formula is C19H14F6N2O3. The van der Waals surface area contributed by atoms with Crippen molar-refractivity contribution in [2.75, 3.05) is 0 Å². The minimum absolute atomic E-state index is 0.280. The van der Waals surface area contributed by atoms with Crippen LogP contribution in [-0.2, 0) is 6.18 Å². The van der Waals surface area contributed by atoms with E-state index >= 15 is 0 Å². The van der Waals surface area contributed by atoms with Crippen LogP contribution in [0.5, 0.6) is 0 Å². The number of amides is 2. The molecule has 3 atom stereocenters. The molecule has 0 radical (unpaired) electrons. The van der Waals surface area contributed by atoms with Crippen LogP contribution in [0.1, 0.15) is 27.5 Å². The molecule has 2 amide bonds. The van der Waals surface area contributed by atoms with E-state index in [0.29, 0.717) is 6.07 Å². The van der Waals surface area contributed by atoms with Gasteiger partial charge in [0.2, 0.25) is 5.72 Å². The van der Waals surface area contributed by atoms with Gasteiger partial charge in [-0.3, -0.25) is 4.79 Å². The van der Waals surface area contributed by atoms with Crippen LogP contribution >= 0.6 is 0 Å². The number of alkyl halides is 6. The van der Waals surface area contributed by atoms with Gasteiger partial charge >= 0.3 is 18.4 Å². The molecule has 160 valence electrons. The van der Waals surface area contributed by atoms with Gasteiger partial charge in [0.1, 0.15) is 5.92 Å². The number of urea groups is 1. The number of halogens is 6. The number of hydrogen-bond donors (Lipinski definition) is 3. The maximum Gasteiger partial charge on any atom is 0.437 e. The van der Waals surface area contributed by atoms with Crippen LogP contribution in [0, 0.1) is 5.92 Å². The maximum absolute atomic E-state index is 13.8. The average Bonchev–Trinajstić information content (AvgIpc) is 2.66. The average molecular weight is 432 g/mol. The van der Waals surface area contributed by atoms with Crippen LogP contribution in [0.4, 0.5) is 31.1 Å². The second-order valence-electron chi connectivity index (χ2n) is 6.63. The van der Waals surface area contributed by atoms with E-state index in [9.17, 15) is 41.0 Å². The lowest BCUT2D eigenvalue weighted by Gasteiger charge is -2.45. The number of ketones is 1. The molecule has 0 spiro atoms. The highest BCUT2D eigenvalue weighted by atomic mass is 19.4. The van der Waals surface area contributed by atoms with Gasteiger partial charge in [0.25, 0.3) is 0 Å². The van der Waals surface area contributed by atoms with Gasteiger partial charge in [-0.05, 0) is 11.6 Å². The quantitative estimate of drug-likeness (QED) is 0.510. The number of rotatable bonds is 3. The highest BCUT2D eigenvalue weighted by molar-refractivity contribution is 6.00. The number of aliphatic hydroxyl groups is 1. The van der Waals surface area contributed by atoms with E-state index in [-0.39, 0.29) is 5.56 Å². The lowest BCUT2D eigenvalue weighted by Crippen LogP contribution is -2.72. The van der Waals surface area contributed by atoms with Crippen molar-refractivity contribution in [3.8, 4) is 0 Å². The largest absolute Gasteiger partial charge is 0.437 e. The van der Waals surface area contributed by atoms with Crippen molar-refractivity contribution in [3.63, 3.8) is 0 Å². The minimum atomic E-state index is -5.56. The molecule has 2 aromatic carbocycles. The van der Waals surface area contributed by atoms with Crippen LogP contribution in [-0.4, -0.2) is 28.8 Å². The fraction of sp³-hybridized carbons (Fsp3) is 0.263. The Morgan fingerprint density at radius 3 is 2.07 bits per heavy atom. The van der Waals surface area contributed by atoms with Crippen molar-refractivity contribution in [2.24, 2.45) is 5.92 Å². The molecule has 0 unspecified atom stereocenters. The van der Waals surface area contributed by atoms with E-state index < -0.39 is 53.0 Å². The summed E-state index contributed by atoms with van der Waals surface area (Å²) in [7, 11) is 0. The molecule has 1 heterocycles. The predicted molar refractivity (Wildman–Crippen MR) is 91.1 cm³/mol. The molecule has 1 fully saturated rings. The molecule has 1 aliphatic heterocycles. The van der Waals surface area contributed by atoms with Crippen molar-refractivity contribution in [2.45, 2.75) is 24.1 Å². The number of hydrogen-bond acceptors (Lipinski definition) is 3. The van der Waals surface area contributed by atoms with Gasteiger partial charge in [0.15, 0.2) is 5.78 Å². The van der Waals surface area contributed by atoms with Gasteiger partial charge in [-0.25, -0.2) is 4.79 Å². The van der Waals surface area contributed by atoms with Crippen LogP contribution in [0.15, 0.2) is 54.6 Å². The van der Waals surface area contributed by atoms with Gasteiger partial charge in [-0.15, -0.1) is 0 Å². The number of carbonyl (C=O) groups is 2. The molecule has 0 bridgehead atoms. The summed E-state index contributed by atoms with van der Waals surface area (Å²) in [5.41, 5.74) is -6.51. The Morgan fingerprint density at radius 2 is 1.50 bits per heavy atom. The molecular weight excluding hydrogens is 418 g/mol. The van der Waals surface area contributed by atoms with Crippen LogP contribution in [0.2, 0.25) is 0 Å². The fourth-order valence-corrected chi connectivity index (χ4v) is 3.41. The fourth-order valence-electron chi connectivity index (χ4n) is 3.41. The first-order valence-electron chi connectivity index (χ1n) is 8.49. The third-order valence-electron chi connectivity index (χ3n) is 4.75. The van der Waals surface area contributed by atoms with Gasteiger partial charge < -0.3 is 15.7 Å². The second-order valence-corrected chi connectivity index (χ2v) is 6.63. The lowest BCUT2D eigenvalue weighted by atomic mass is 9.76. The highest BCUT2D eigenvalue weighted by Crippen LogP contribution is 2.46. The molecule has 0 aliphatic carbocycles. The summed E-state index contributed by atoms with van der Waals surface area (Å²) >= 11 is 0. The molecule has 3 rings (SSSR count). The Morgan fingerprint density at radius 1 is 0.933 bits per heavy atom. The molecule has 2 aromatic rings. The summed E-state index contributed by atoms with van der Waals surface area (Å²) in [6, 6.07) is 6.37. The summed E-state index contributed by atoms with van der Waals surface area (Å²) in [4.78, 5) is 24.9. The lowest BCUT2D eigenvalue weighted by molar-refractivity contribution is -0.287. The van der Waals surface area contributed by atoms with Crippen LogP contribution < -0.4 is 10.6 Å². The Kier molecular flexibility index (Phi) is 5.27. The molecule has 3 N–H and O–H groups in total. The summed E-state index contributed by atoms with van der Waals surface area (Å²) in [6.45, 7) is 0. The normalized spacial score (nSPS) is 24.7. The topological polar surface area (TPSA) is 78.4 Å². The monoisotopic (exact) mass is 432 g/mol. The van der Waals surface area contributed by atoms with E-state index in [4.69, 9.17) is 0 Å². The van der Waals surface area contributed by atoms with Crippen molar-refractivity contribution >= 4 is 11.8 Å². The summed E-state index contributed by atoms with van der Waals surface area (Å²) in [5.74, 6) is -3.84. The molecule has 0 saturated carbocycles. The van der Waals surface area contributed by atoms with Gasteiger partial charge in [0, 0.05) is 5.56 Å². The Labute approximate surface area is 165 Å². The second kappa shape index (κ2) is 7.31. The highest BCUT2D eigenvalue weighted by Gasteiger charge is 2.66. The van der Waals surface area contributed by atoms with Crippen molar-refractivity contribution < 1.29 is 41.0 Å². The number of nitrogens with one attached hydrogen (secondary N) is 2. The number of Topliss-reactive ketones (excluding diaryl/α,β-unsaturated/α-hetero) is 1. The summed E-state index contributed by atoms with van der Waals surface area (Å²) in [6.07, 6.45) is -10.5. The predicted octanol–water partition coefficient (Wildman–Crippen LogP) is 3.81. The van der Waals surface area contributed by atoms with Crippen LogP contribution in [0.25, 0.3) is 0 Å². The van der Waals surface area contributed by atoms with E-state index in [1.807, 2.05) is 5.32 Å². The zero-order valence-corrected chi connectivity index (χ0v) is 14.9. The molecule has 1 saturated heterocycles. The van der Waals surface area contributed by atoms with E-state index in [1.54, 1.807) is 0 Å². The third kappa shape index (κ3) is 3.72. The standard InChI is InChI=1S/C19H14F6N2O3/c20-18(21,22)12-9-5-4-8-11(12)14-13(15(28)10-6-2-1-3-7-10)17(30,19(23,24)25)27-16(29)26-14/h1-9,13-14,30H,(H2,26,27,29)/t13-,14+,17+/m1/s1. The van der Waals surface area contributed by atoms with Gasteiger partial charge in [-0.1, -0.05) is 48.5 Å². The van der Waals surface area contributed by atoms with Crippen molar-refractivity contribution in [3.05, 3.63) is 71.3 Å². The Balaban J connectivity index is 2.25. The summed E-state index contributed by atoms with van der Waals surface area (Å²) in [5, 5.41) is 13.6. The molecule has 30 heavy (non-hydrogen) atoms. The first-order chi connectivity index (χ1) is 13.9. The van der Waals surface area contributed by atoms with E-state index in [1.165, 1.54) is 23.5 Å². The zero-order chi connectivity index (χ0) is 22.3. The molecule has 1 aliphatic rings. The van der Waals surface area contributed by atoms with E-state index in [2.05, 4.69) is 0 Å². The van der Waals surface area contributed by atoms with Crippen molar-refractivity contribution in [1.82, 2.24) is 10.6 Å². The number of benzene rings is 2. The van der Waals surface area contributed by atoms with E-state index in [0.717, 1.165) is 30.3 Å². The smallest absolute Gasteiger partial charge is 0.363 e. The van der Waals surface area contributed by atoms with Crippen molar-refractivity contribution in [1.29, 1.82) is 0 Å². The minimum Gasteiger partial charge on any atom is -0.363 e. The first kappa shape index (κ1) is 21.6. The zero-order valence-electron chi connectivity index (χ0n) is 14.9. The Bertz CT molecular complexity index is 961. The molecule has 0 aromatic heterocycles. The third-order valence-corrected chi connectivity index (χ3v) is 4.75. The van der Waals surface area contributed by atoms with Crippen LogP contribution in [0.3, 0.4) is 0 Å². The SMILES string of the molecule is O=C1N[C@@H](c2ccccc2C(F)(F)F)[C@H](C(=O)c2ccccc2)[C@](O)(C(F)(F)F)N1.